The standard InChI is InChI=1S/C13H20ClNO3/c1-16-6-4-5-15-9-10-7-12(17-2)13(18-3)8-11(10)14/h7-8,15H,4-6,9H2,1-3H3. The lowest BCUT2D eigenvalue weighted by Gasteiger charge is -2.12. The molecule has 0 heterocycles. The zero-order valence-electron chi connectivity index (χ0n) is 11.1. The second-order valence-corrected chi connectivity index (χ2v) is 4.23. The minimum absolute atomic E-state index is 0.644. The molecule has 18 heavy (non-hydrogen) atoms. The van der Waals surface area contributed by atoms with E-state index in [-0.39, 0.29) is 0 Å². The third-order valence-corrected chi connectivity index (χ3v) is 2.92. The van der Waals surface area contributed by atoms with Gasteiger partial charge in [-0.25, -0.2) is 0 Å². The lowest BCUT2D eigenvalue weighted by Crippen LogP contribution is -2.16. The van der Waals surface area contributed by atoms with Crippen molar-refractivity contribution in [2.75, 3.05) is 34.5 Å². The van der Waals surface area contributed by atoms with E-state index < -0.39 is 0 Å². The predicted octanol–water partition coefficient (Wildman–Crippen LogP) is 2.48. The first-order valence-corrected chi connectivity index (χ1v) is 6.20. The van der Waals surface area contributed by atoms with E-state index in [9.17, 15) is 0 Å². The molecule has 0 aliphatic heterocycles. The average molecular weight is 274 g/mol. The van der Waals surface area contributed by atoms with Gasteiger partial charge in [-0.3, -0.25) is 0 Å². The van der Waals surface area contributed by atoms with E-state index >= 15 is 0 Å². The number of rotatable bonds is 8. The van der Waals surface area contributed by atoms with E-state index in [0.717, 1.165) is 25.1 Å². The molecule has 4 nitrogen and oxygen atoms in total. The summed E-state index contributed by atoms with van der Waals surface area (Å²) in [5.74, 6) is 1.33. The van der Waals surface area contributed by atoms with Crippen molar-refractivity contribution < 1.29 is 14.2 Å². The second-order valence-electron chi connectivity index (χ2n) is 3.82. The van der Waals surface area contributed by atoms with Gasteiger partial charge in [0.05, 0.1) is 14.2 Å². The SMILES string of the molecule is COCCCNCc1cc(OC)c(OC)cc1Cl. The topological polar surface area (TPSA) is 39.7 Å². The summed E-state index contributed by atoms with van der Waals surface area (Å²) in [6, 6.07) is 3.66. The lowest BCUT2D eigenvalue weighted by molar-refractivity contribution is 0.194. The summed E-state index contributed by atoms with van der Waals surface area (Å²) in [6.07, 6.45) is 0.974. The number of nitrogens with one attached hydrogen (secondary N) is 1. The van der Waals surface area contributed by atoms with E-state index in [2.05, 4.69) is 5.32 Å². The predicted molar refractivity (Wildman–Crippen MR) is 72.8 cm³/mol. The van der Waals surface area contributed by atoms with Gasteiger partial charge in [-0.2, -0.15) is 0 Å². The van der Waals surface area contributed by atoms with Crippen molar-refractivity contribution in [2.45, 2.75) is 13.0 Å². The van der Waals surface area contributed by atoms with Crippen molar-refractivity contribution in [3.8, 4) is 11.5 Å². The number of ether oxygens (including phenoxy) is 3. The highest BCUT2D eigenvalue weighted by Gasteiger charge is 2.09. The summed E-state index contributed by atoms with van der Waals surface area (Å²) in [5, 5.41) is 3.98. The fraction of sp³-hybridized carbons (Fsp3) is 0.538. The molecular weight excluding hydrogens is 254 g/mol. The Morgan fingerprint density at radius 2 is 1.78 bits per heavy atom. The number of halogens is 1. The maximum absolute atomic E-state index is 6.18. The first kappa shape index (κ1) is 15.1. The molecule has 0 atom stereocenters. The Hall–Kier alpha value is -0.970. The summed E-state index contributed by atoms with van der Waals surface area (Å²) < 4.78 is 15.4. The monoisotopic (exact) mass is 273 g/mol. The molecule has 0 unspecified atom stereocenters. The molecule has 1 aromatic carbocycles. The van der Waals surface area contributed by atoms with Crippen molar-refractivity contribution >= 4 is 11.6 Å². The van der Waals surface area contributed by atoms with Crippen molar-refractivity contribution in [2.24, 2.45) is 0 Å². The first-order valence-electron chi connectivity index (χ1n) is 5.83. The Kier molecular flexibility index (Phi) is 6.86. The fourth-order valence-corrected chi connectivity index (χ4v) is 1.82. The van der Waals surface area contributed by atoms with Crippen LogP contribution in [0.3, 0.4) is 0 Å². The van der Waals surface area contributed by atoms with Crippen molar-refractivity contribution in [3.05, 3.63) is 22.7 Å². The normalized spacial score (nSPS) is 10.4. The van der Waals surface area contributed by atoms with Crippen LogP contribution in [-0.2, 0) is 11.3 Å². The first-order chi connectivity index (χ1) is 8.72. The molecule has 0 bridgehead atoms. The molecule has 0 spiro atoms. The highest BCUT2D eigenvalue weighted by atomic mass is 35.5. The number of hydrogen-bond donors (Lipinski definition) is 1. The fourth-order valence-electron chi connectivity index (χ4n) is 1.60. The van der Waals surface area contributed by atoms with Gasteiger partial charge in [0.25, 0.3) is 0 Å². The van der Waals surface area contributed by atoms with Gasteiger partial charge < -0.3 is 19.5 Å². The molecule has 1 aromatic rings. The Morgan fingerprint density at radius 1 is 1.11 bits per heavy atom. The minimum Gasteiger partial charge on any atom is -0.493 e. The Labute approximate surface area is 113 Å². The second kappa shape index (κ2) is 8.19. The average Bonchev–Trinajstić information content (AvgIpc) is 2.39. The molecule has 102 valence electrons. The zero-order valence-corrected chi connectivity index (χ0v) is 11.8. The number of benzene rings is 1. The van der Waals surface area contributed by atoms with Crippen LogP contribution in [0.15, 0.2) is 12.1 Å². The molecule has 0 fully saturated rings. The Bertz CT molecular complexity index is 371. The highest BCUT2D eigenvalue weighted by Crippen LogP contribution is 2.32. The third kappa shape index (κ3) is 4.37. The van der Waals surface area contributed by atoms with Crippen molar-refractivity contribution in [3.63, 3.8) is 0 Å². The van der Waals surface area contributed by atoms with E-state index in [4.69, 9.17) is 25.8 Å². The quantitative estimate of drug-likeness (QED) is 0.739. The van der Waals surface area contributed by atoms with Gasteiger partial charge >= 0.3 is 0 Å². The molecule has 0 saturated carbocycles. The molecule has 5 heteroatoms. The van der Waals surface area contributed by atoms with Gasteiger partial charge in [-0.15, -0.1) is 0 Å². The molecule has 0 aromatic heterocycles. The van der Waals surface area contributed by atoms with E-state index in [1.54, 1.807) is 27.4 Å². The molecule has 0 aliphatic carbocycles. The van der Waals surface area contributed by atoms with Crippen LogP contribution >= 0.6 is 11.6 Å². The number of methoxy groups -OCH3 is 3. The molecule has 1 N–H and O–H groups in total. The van der Waals surface area contributed by atoms with Crippen LogP contribution in [0.1, 0.15) is 12.0 Å². The van der Waals surface area contributed by atoms with Crippen molar-refractivity contribution in [1.29, 1.82) is 0 Å². The van der Waals surface area contributed by atoms with Gasteiger partial charge in [0.15, 0.2) is 11.5 Å². The molecule has 0 radical (unpaired) electrons. The van der Waals surface area contributed by atoms with Crippen molar-refractivity contribution in [1.82, 2.24) is 5.32 Å². The summed E-state index contributed by atoms with van der Waals surface area (Å²) in [6.45, 7) is 2.34. The van der Waals surface area contributed by atoms with E-state index in [1.165, 1.54) is 0 Å². The maximum atomic E-state index is 6.18. The van der Waals surface area contributed by atoms with Gasteiger partial charge in [-0.05, 0) is 24.6 Å². The van der Waals surface area contributed by atoms with Crippen LogP contribution in [0.2, 0.25) is 5.02 Å². The Morgan fingerprint density at radius 3 is 2.39 bits per heavy atom. The zero-order chi connectivity index (χ0) is 13.4. The van der Waals surface area contributed by atoms with Crippen LogP contribution < -0.4 is 14.8 Å². The van der Waals surface area contributed by atoms with Crippen LogP contribution in [0.5, 0.6) is 11.5 Å². The molecule has 0 aliphatic rings. The summed E-state index contributed by atoms with van der Waals surface area (Å²) in [4.78, 5) is 0. The smallest absolute Gasteiger partial charge is 0.162 e. The van der Waals surface area contributed by atoms with Crippen LogP contribution in [0.4, 0.5) is 0 Å². The van der Waals surface area contributed by atoms with Gasteiger partial charge in [0, 0.05) is 31.4 Å². The van der Waals surface area contributed by atoms with Gasteiger partial charge in [0.1, 0.15) is 0 Å². The Balaban J connectivity index is 2.59. The largest absolute Gasteiger partial charge is 0.493 e. The van der Waals surface area contributed by atoms with Gasteiger partial charge in [-0.1, -0.05) is 11.6 Å². The lowest BCUT2D eigenvalue weighted by atomic mass is 10.2. The molecule has 0 amide bonds. The number of hydrogen-bond acceptors (Lipinski definition) is 4. The minimum atomic E-state index is 0.644. The van der Waals surface area contributed by atoms with Gasteiger partial charge in [0.2, 0.25) is 0 Å². The van der Waals surface area contributed by atoms with Crippen LogP contribution in [-0.4, -0.2) is 34.5 Å². The molecule has 0 saturated heterocycles. The molecular formula is C13H20ClNO3. The highest BCUT2D eigenvalue weighted by molar-refractivity contribution is 6.31. The molecule has 1 rings (SSSR count). The summed E-state index contributed by atoms with van der Waals surface area (Å²) in [7, 11) is 4.91. The van der Waals surface area contributed by atoms with E-state index in [1.807, 2.05) is 6.07 Å². The van der Waals surface area contributed by atoms with Crippen LogP contribution in [0, 0.1) is 0 Å². The third-order valence-electron chi connectivity index (χ3n) is 2.57. The summed E-state index contributed by atoms with van der Waals surface area (Å²) >= 11 is 6.18. The summed E-state index contributed by atoms with van der Waals surface area (Å²) in [5.41, 5.74) is 0.992. The van der Waals surface area contributed by atoms with E-state index in [0.29, 0.717) is 23.1 Å². The van der Waals surface area contributed by atoms with Crippen LogP contribution in [0.25, 0.3) is 0 Å². The maximum Gasteiger partial charge on any atom is 0.162 e.